The van der Waals surface area contributed by atoms with Crippen molar-refractivity contribution < 1.29 is 17.6 Å². The van der Waals surface area contributed by atoms with Crippen molar-refractivity contribution in [2.45, 2.75) is 11.1 Å². The van der Waals surface area contributed by atoms with Gasteiger partial charge in [0.25, 0.3) is 0 Å². The van der Waals surface area contributed by atoms with E-state index in [1.165, 1.54) is 12.1 Å². The van der Waals surface area contributed by atoms with Gasteiger partial charge in [-0.2, -0.15) is 13.2 Å². The zero-order valence-electron chi connectivity index (χ0n) is 9.67. The average molecular weight is 290 g/mol. The molecule has 0 aliphatic carbocycles. The van der Waals surface area contributed by atoms with Crippen LogP contribution in [0.4, 0.5) is 17.6 Å². The maximum Gasteiger partial charge on any atom is 0.433 e. The highest BCUT2D eigenvalue weighted by atomic mass is 32.2. The second-order valence-electron chi connectivity index (χ2n) is 3.80. The van der Waals surface area contributed by atoms with Gasteiger partial charge in [-0.1, -0.05) is 0 Å². The van der Waals surface area contributed by atoms with Crippen LogP contribution in [0.5, 0.6) is 0 Å². The van der Waals surface area contributed by atoms with Gasteiger partial charge in [0.2, 0.25) is 0 Å². The molecule has 2 rings (SSSR count). The van der Waals surface area contributed by atoms with Gasteiger partial charge < -0.3 is 5.73 Å². The van der Waals surface area contributed by atoms with Gasteiger partial charge in [-0.25, -0.2) is 9.37 Å². The summed E-state index contributed by atoms with van der Waals surface area (Å²) in [6, 6.07) is 4.45. The molecule has 102 valence electrons. The number of halogens is 4. The molecule has 2 N–H and O–H groups in total. The minimum Gasteiger partial charge on any atom is -0.330 e. The summed E-state index contributed by atoms with van der Waals surface area (Å²) >= 11 is 1.16. The summed E-state index contributed by atoms with van der Waals surface area (Å²) in [6.07, 6.45) is -4.53. The maximum atomic E-state index is 13.2. The van der Waals surface area contributed by atoms with E-state index in [0.29, 0.717) is 22.6 Å². The van der Waals surface area contributed by atoms with Gasteiger partial charge >= 0.3 is 6.18 Å². The Labute approximate surface area is 111 Å². The molecule has 0 spiro atoms. The molecule has 0 saturated carbocycles. The summed E-state index contributed by atoms with van der Waals surface area (Å²) in [5, 5.41) is 0.367. The highest BCUT2D eigenvalue weighted by molar-refractivity contribution is 7.99. The average Bonchev–Trinajstić information content (AvgIpc) is 2.34. The lowest BCUT2D eigenvalue weighted by molar-refractivity contribution is -0.141. The Morgan fingerprint density at radius 3 is 2.58 bits per heavy atom. The number of fused-ring (bicyclic) bond motifs is 1. The predicted molar refractivity (Wildman–Crippen MR) is 66.5 cm³/mol. The quantitative estimate of drug-likeness (QED) is 0.695. The van der Waals surface area contributed by atoms with Crippen LogP contribution in [0.25, 0.3) is 10.9 Å². The molecule has 0 fully saturated rings. The summed E-state index contributed by atoms with van der Waals surface area (Å²) in [4.78, 5) is 3.86. The first-order valence-electron chi connectivity index (χ1n) is 5.42. The van der Waals surface area contributed by atoms with Crippen molar-refractivity contribution >= 4 is 22.7 Å². The first-order valence-corrected chi connectivity index (χ1v) is 6.41. The van der Waals surface area contributed by atoms with Crippen molar-refractivity contribution in [2.75, 3.05) is 12.3 Å². The Morgan fingerprint density at radius 1 is 1.21 bits per heavy atom. The summed E-state index contributed by atoms with van der Waals surface area (Å²) in [5.41, 5.74) is 4.48. The summed E-state index contributed by atoms with van der Waals surface area (Å²) in [7, 11) is 0. The van der Waals surface area contributed by atoms with Crippen molar-refractivity contribution in [3.63, 3.8) is 0 Å². The molecule has 7 heteroatoms. The van der Waals surface area contributed by atoms with Gasteiger partial charge in [0.15, 0.2) is 0 Å². The van der Waals surface area contributed by atoms with Crippen molar-refractivity contribution in [1.29, 1.82) is 0 Å². The van der Waals surface area contributed by atoms with Crippen LogP contribution in [0.3, 0.4) is 0 Å². The molecule has 0 aliphatic rings. The van der Waals surface area contributed by atoms with Gasteiger partial charge in [-0.3, -0.25) is 0 Å². The summed E-state index contributed by atoms with van der Waals surface area (Å²) < 4.78 is 51.4. The van der Waals surface area contributed by atoms with Crippen LogP contribution in [-0.4, -0.2) is 17.3 Å². The first-order chi connectivity index (χ1) is 8.91. The second kappa shape index (κ2) is 5.34. The zero-order valence-corrected chi connectivity index (χ0v) is 10.5. The molecular formula is C12H10F4N2S. The van der Waals surface area contributed by atoms with Crippen LogP contribution in [0, 0.1) is 5.82 Å². The van der Waals surface area contributed by atoms with Crippen LogP contribution >= 0.6 is 11.8 Å². The molecule has 2 aromatic rings. The van der Waals surface area contributed by atoms with Gasteiger partial charge in [-0.05, 0) is 24.3 Å². The molecule has 0 amide bonds. The van der Waals surface area contributed by atoms with Crippen LogP contribution in [0.2, 0.25) is 0 Å². The third-order valence-corrected chi connectivity index (χ3v) is 3.49. The summed E-state index contributed by atoms with van der Waals surface area (Å²) in [6.45, 7) is 0.325. The Kier molecular flexibility index (Phi) is 3.96. The Morgan fingerprint density at radius 2 is 1.95 bits per heavy atom. The molecule has 0 saturated heterocycles. The molecule has 0 unspecified atom stereocenters. The lowest BCUT2D eigenvalue weighted by Crippen LogP contribution is -2.09. The monoisotopic (exact) mass is 290 g/mol. The molecule has 19 heavy (non-hydrogen) atoms. The number of hydrogen-bond acceptors (Lipinski definition) is 3. The molecule has 2 nitrogen and oxygen atoms in total. The van der Waals surface area contributed by atoms with Crippen molar-refractivity contribution in [2.24, 2.45) is 5.73 Å². The van der Waals surface area contributed by atoms with E-state index in [2.05, 4.69) is 4.98 Å². The number of alkyl halides is 3. The fraction of sp³-hybridized carbons (Fsp3) is 0.250. The SMILES string of the molecule is NCCSc1cc(C(F)(F)F)nc2ccc(F)cc12. The number of hydrogen-bond donors (Lipinski definition) is 1. The number of pyridine rings is 1. The third kappa shape index (κ3) is 3.16. The highest BCUT2D eigenvalue weighted by Crippen LogP contribution is 2.34. The normalized spacial score (nSPS) is 12.1. The molecule has 0 aliphatic heterocycles. The van der Waals surface area contributed by atoms with E-state index in [1.54, 1.807) is 0 Å². The number of thioether (sulfide) groups is 1. The van der Waals surface area contributed by atoms with E-state index >= 15 is 0 Å². The Bertz CT molecular complexity index is 598. The van der Waals surface area contributed by atoms with Crippen molar-refractivity contribution in [3.8, 4) is 0 Å². The number of rotatable bonds is 3. The lowest BCUT2D eigenvalue weighted by Gasteiger charge is -2.11. The second-order valence-corrected chi connectivity index (χ2v) is 4.94. The van der Waals surface area contributed by atoms with E-state index in [4.69, 9.17) is 5.73 Å². The van der Waals surface area contributed by atoms with Gasteiger partial charge in [0.1, 0.15) is 11.5 Å². The minimum atomic E-state index is -4.53. The molecule has 1 heterocycles. The zero-order chi connectivity index (χ0) is 14.0. The standard InChI is InChI=1S/C12H10F4N2S/c13-7-1-2-9-8(5-7)10(19-4-3-17)6-11(18-9)12(14,15)16/h1-2,5-6H,3-4,17H2. The van der Waals surface area contributed by atoms with Crippen LogP contribution in [0.1, 0.15) is 5.69 Å². The number of nitrogens with two attached hydrogens (primary N) is 1. The summed E-state index contributed by atoms with van der Waals surface area (Å²) in [5.74, 6) is -0.0592. The van der Waals surface area contributed by atoms with E-state index in [1.807, 2.05) is 0 Å². The largest absolute Gasteiger partial charge is 0.433 e. The lowest BCUT2D eigenvalue weighted by atomic mass is 10.2. The fourth-order valence-corrected chi connectivity index (χ4v) is 2.45. The smallest absolute Gasteiger partial charge is 0.330 e. The minimum absolute atomic E-state index is 0.121. The molecule has 0 radical (unpaired) electrons. The molecule has 0 atom stereocenters. The van der Waals surface area contributed by atoms with E-state index < -0.39 is 17.7 Å². The predicted octanol–water partition coefficient (Wildman–Crippen LogP) is 3.44. The fourth-order valence-electron chi connectivity index (χ4n) is 1.60. The highest BCUT2D eigenvalue weighted by Gasteiger charge is 2.33. The van der Waals surface area contributed by atoms with Crippen LogP contribution in [-0.2, 0) is 6.18 Å². The number of aromatic nitrogens is 1. The number of benzene rings is 1. The number of nitrogens with zero attached hydrogens (tertiary/aromatic N) is 1. The van der Waals surface area contributed by atoms with Crippen LogP contribution < -0.4 is 5.73 Å². The van der Waals surface area contributed by atoms with Crippen molar-refractivity contribution in [3.05, 3.63) is 35.8 Å². The molecule has 1 aromatic carbocycles. The molecular weight excluding hydrogens is 280 g/mol. The Hall–Kier alpha value is -1.34. The van der Waals surface area contributed by atoms with Crippen molar-refractivity contribution in [1.82, 2.24) is 4.98 Å². The topological polar surface area (TPSA) is 38.9 Å². The van der Waals surface area contributed by atoms with E-state index in [9.17, 15) is 17.6 Å². The van der Waals surface area contributed by atoms with Crippen LogP contribution in [0.15, 0.2) is 29.2 Å². The molecule has 1 aromatic heterocycles. The van der Waals surface area contributed by atoms with E-state index in [-0.39, 0.29) is 5.52 Å². The first kappa shape index (κ1) is 14.1. The Balaban J connectivity index is 2.62. The van der Waals surface area contributed by atoms with Gasteiger partial charge in [-0.15, -0.1) is 11.8 Å². The maximum absolute atomic E-state index is 13.2. The van der Waals surface area contributed by atoms with Gasteiger partial charge in [0.05, 0.1) is 5.52 Å². The van der Waals surface area contributed by atoms with E-state index in [0.717, 1.165) is 23.9 Å². The third-order valence-electron chi connectivity index (χ3n) is 2.40. The van der Waals surface area contributed by atoms with Gasteiger partial charge in [0, 0.05) is 22.6 Å². The molecule has 0 bridgehead atoms.